The average molecular weight is 291 g/mol. The molecule has 0 aromatic carbocycles. The van der Waals surface area contributed by atoms with Crippen molar-refractivity contribution in [3.05, 3.63) is 29.6 Å². The van der Waals surface area contributed by atoms with E-state index in [9.17, 15) is 0 Å². The Morgan fingerprint density at radius 3 is 3.00 bits per heavy atom. The van der Waals surface area contributed by atoms with Crippen LogP contribution in [0.25, 0.3) is 0 Å². The van der Waals surface area contributed by atoms with Crippen LogP contribution in [0.4, 0.5) is 0 Å². The Kier molecular flexibility index (Phi) is 6.61. The van der Waals surface area contributed by atoms with Gasteiger partial charge >= 0.3 is 0 Å². The van der Waals surface area contributed by atoms with E-state index in [1.54, 1.807) is 0 Å². The van der Waals surface area contributed by atoms with Gasteiger partial charge in [-0.25, -0.2) is 0 Å². The first-order valence-electron chi connectivity index (χ1n) is 8.12. The highest BCUT2D eigenvalue weighted by Gasteiger charge is 2.15. The molecule has 0 bridgehead atoms. The molecular formula is C17H29N3O. The first kappa shape index (κ1) is 16.4. The van der Waals surface area contributed by atoms with Crippen LogP contribution in [0.2, 0.25) is 0 Å². The van der Waals surface area contributed by atoms with Crippen molar-refractivity contribution in [2.75, 3.05) is 26.2 Å². The fourth-order valence-corrected chi connectivity index (χ4v) is 2.61. The van der Waals surface area contributed by atoms with E-state index in [0.717, 1.165) is 51.4 Å². The van der Waals surface area contributed by atoms with Gasteiger partial charge in [-0.15, -0.1) is 0 Å². The van der Waals surface area contributed by atoms with E-state index in [4.69, 9.17) is 4.74 Å². The standard InChI is InChI=1S/C17H29N3O/c1-14(2)9-18-10-16-5-6-17(19-11-16)13-20-7-4-8-21-15(3)12-20/h5-6,11,14-15,18H,4,7-10,12-13H2,1-3H3. The highest BCUT2D eigenvalue weighted by atomic mass is 16.5. The number of ether oxygens (including phenoxy) is 1. The summed E-state index contributed by atoms with van der Waals surface area (Å²) in [6.07, 6.45) is 3.44. The third kappa shape index (κ3) is 6.12. The number of nitrogens with zero attached hydrogens (tertiary/aromatic N) is 2. The molecule has 4 nitrogen and oxygen atoms in total. The second kappa shape index (κ2) is 8.47. The van der Waals surface area contributed by atoms with Crippen LogP contribution in [0.3, 0.4) is 0 Å². The minimum absolute atomic E-state index is 0.326. The number of aromatic nitrogens is 1. The third-order valence-electron chi connectivity index (χ3n) is 3.69. The summed E-state index contributed by atoms with van der Waals surface area (Å²) < 4.78 is 5.68. The van der Waals surface area contributed by atoms with Gasteiger partial charge in [-0.3, -0.25) is 9.88 Å². The fraction of sp³-hybridized carbons (Fsp3) is 0.706. The summed E-state index contributed by atoms with van der Waals surface area (Å²) in [5.74, 6) is 0.685. The first-order chi connectivity index (χ1) is 10.1. The van der Waals surface area contributed by atoms with Crippen LogP contribution in [0.5, 0.6) is 0 Å². The number of nitrogens with one attached hydrogen (secondary N) is 1. The van der Waals surface area contributed by atoms with Crippen molar-refractivity contribution in [2.45, 2.75) is 46.4 Å². The van der Waals surface area contributed by atoms with Gasteiger partial charge in [-0.1, -0.05) is 19.9 Å². The maximum Gasteiger partial charge on any atom is 0.0674 e. The predicted octanol–water partition coefficient (Wildman–Crippen LogP) is 2.44. The molecule has 1 aromatic rings. The Balaban J connectivity index is 1.81. The summed E-state index contributed by atoms with van der Waals surface area (Å²) in [5, 5.41) is 3.45. The molecule has 1 aromatic heterocycles. The number of rotatable bonds is 6. The molecule has 0 spiro atoms. The van der Waals surface area contributed by atoms with Gasteiger partial charge in [-0.05, 0) is 37.4 Å². The molecule has 0 amide bonds. The van der Waals surface area contributed by atoms with Gasteiger partial charge < -0.3 is 10.1 Å². The Labute approximate surface area is 128 Å². The maximum atomic E-state index is 5.68. The van der Waals surface area contributed by atoms with Gasteiger partial charge in [0.15, 0.2) is 0 Å². The molecule has 4 heteroatoms. The minimum atomic E-state index is 0.326. The molecule has 2 heterocycles. The van der Waals surface area contributed by atoms with Crippen molar-refractivity contribution in [1.29, 1.82) is 0 Å². The van der Waals surface area contributed by atoms with Crippen molar-refractivity contribution < 1.29 is 4.74 Å². The molecule has 0 aliphatic carbocycles. The van der Waals surface area contributed by atoms with Crippen molar-refractivity contribution >= 4 is 0 Å². The van der Waals surface area contributed by atoms with Crippen LogP contribution in [0, 0.1) is 5.92 Å². The number of hydrogen-bond donors (Lipinski definition) is 1. The van der Waals surface area contributed by atoms with Crippen LogP contribution in [0.1, 0.15) is 38.4 Å². The van der Waals surface area contributed by atoms with E-state index in [1.807, 2.05) is 6.20 Å². The van der Waals surface area contributed by atoms with Crippen molar-refractivity contribution in [3.63, 3.8) is 0 Å². The Morgan fingerprint density at radius 1 is 1.43 bits per heavy atom. The predicted molar refractivity (Wildman–Crippen MR) is 86.1 cm³/mol. The smallest absolute Gasteiger partial charge is 0.0674 e. The summed E-state index contributed by atoms with van der Waals surface area (Å²) in [4.78, 5) is 7.04. The van der Waals surface area contributed by atoms with Gasteiger partial charge in [0.05, 0.1) is 11.8 Å². The van der Waals surface area contributed by atoms with Gasteiger partial charge in [0.1, 0.15) is 0 Å². The molecule has 21 heavy (non-hydrogen) atoms. The Bertz CT molecular complexity index is 405. The number of hydrogen-bond acceptors (Lipinski definition) is 4. The highest BCUT2D eigenvalue weighted by Crippen LogP contribution is 2.10. The van der Waals surface area contributed by atoms with E-state index in [1.165, 1.54) is 5.56 Å². The lowest BCUT2D eigenvalue weighted by atomic mass is 10.2. The van der Waals surface area contributed by atoms with E-state index >= 15 is 0 Å². The summed E-state index contributed by atoms with van der Waals surface area (Å²) in [6, 6.07) is 4.34. The summed E-state index contributed by atoms with van der Waals surface area (Å²) in [5.41, 5.74) is 2.41. The quantitative estimate of drug-likeness (QED) is 0.873. The van der Waals surface area contributed by atoms with Crippen molar-refractivity contribution in [1.82, 2.24) is 15.2 Å². The monoisotopic (exact) mass is 291 g/mol. The zero-order valence-corrected chi connectivity index (χ0v) is 13.6. The molecule has 1 aliphatic rings. The maximum absolute atomic E-state index is 5.68. The summed E-state index contributed by atoms with van der Waals surface area (Å²) in [6.45, 7) is 12.4. The lowest BCUT2D eigenvalue weighted by molar-refractivity contribution is 0.0666. The molecule has 2 rings (SSSR count). The largest absolute Gasteiger partial charge is 0.377 e. The van der Waals surface area contributed by atoms with Crippen LogP contribution in [-0.2, 0) is 17.8 Å². The van der Waals surface area contributed by atoms with Gasteiger partial charge in [0, 0.05) is 39.0 Å². The summed E-state index contributed by atoms with van der Waals surface area (Å²) in [7, 11) is 0. The van der Waals surface area contributed by atoms with Crippen LogP contribution < -0.4 is 5.32 Å². The van der Waals surface area contributed by atoms with E-state index in [0.29, 0.717) is 12.0 Å². The molecule has 1 saturated heterocycles. The second-order valence-corrected chi connectivity index (χ2v) is 6.45. The SMILES string of the molecule is CC(C)CNCc1ccc(CN2CCCOC(C)C2)nc1. The minimum Gasteiger partial charge on any atom is -0.377 e. The highest BCUT2D eigenvalue weighted by molar-refractivity contribution is 5.14. The van der Waals surface area contributed by atoms with Crippen LogP contribution >= 0.6 is 0 Å². The van der Waals surface area contributed by atoms with E-state index in [2.05, 4.69) is 48.1 Å². The first-order valence-corrected chi connectivity index (χ1v) is 8.12. The van der Waals surface area contributed by atoms with Crippen molar-refractivity contribution in [2.24, 2.45) is 5.92 Å². The average Bonchev–Trinajstić information content (AvgIpc) is 2.65. The fourth-order valence-electron chi connectivity index (χ4n) is 2.61. The molecule has 1 N–H and O–H groups in total. The summed E-state index contributed by atoms with van der Waals surface area (Å²) >= 11 is 0. The Hall–Kier alpha value is -0.970. The lowest BCUT2D eigenvalue weighted by Gasteiger charge is -2.21. The molecule has 118 valence electrons. The van der Waals surface area contributed by atoms with Gasteiger partial charge in [0.25, 0.3) is 0 Å². The zero-order chi connectivity index (χ0) is 15.1. The molecule has 1 atom stereocenters. The van der Waals surface area contributed by atoms with E-state index < -0.39 is 0 Å². The van der Waals surface area contributed by atoms with Crippen LogP contribution in [-0.4, -0.2) is 42.2 Å². The normalized spacial score (nSPS) is 20.7. The molecule has 1 fully saturated rings. The zero-order valence-electron chi connectivity index (χ0n) is 13.6. The van der Waals surface area contributed by atoms with Gasteiger partial charge in [-0.2, -0.15) is 0 Å². The molecule has 1 unspecified atom stereocenters. The van der Waals surface area contributed by atoms with E-state index in [-0.39, 0.29) is 0 Å². The lowest BCUT2D eigenvalue weighted by Crippen LogP contribution is -2.30. The molecule has 1 aliphatic heterocycles. The molecule has 0 radical (unpaired) electrons. The topological polar surface area (TPSA) is 37.4 Å². The van der Waals surface area contributed by atoms with Gasteiger partial charge in [0.2, 0.25) is 0 Å². The molecular weight excluding hydrogens is 262 g/mol. The molecule has 0 saturated carbocycles. The van der Waals surface area contributed by atoms with Crippen LogP contribution in [0.15, 0.2) is 18.3 Å². The Morgan fingerprint density at radius 2 is 2.29 bits per heavy atom. The number of pyridine rings is 1. The second-order valence-electron chi connectivity index (χ2n) is 6.45. The third-order valence-corrected chi connectivity index (χ3v) is 3.69. The van der Waals surface area contributed by atoms with Crippen molar-refractivity contribution in [3.8, 4) is 0 Å².